The fourth-order valence-corrected chi connectivity index (χ4v) is 6.43. The number of aromatic carboxylic acids is 1. The molecule has 0 aliphatic rings. The number of benzene rings is 2. The van der Waals surface area contributed by atoms with Gasteiger partial charge in [0, 0.05) is 9.85 Å². The van der Waals surface area contributed by atoms with Crippen molar-refractivity contribution < 1.29 is 23.8 Å². The lowest BCUT2D eigenvalue weighted by Crippen LogP contribution is -2.15. The maximum Gasteiger partial charge on any atom is 0.339 e. The maximum absolute atomic E-state index is 13.2. The van der Waals surface area contributed by atoms with Crippen LogP contribution in [-0.4, -0.2) is 24.1 Å². The second kappa shape index (κ2) is 8.95. The van der Waals surface area contributed by atoms with E-state index in [2.05, 4.69) is 53.1 Å². The second-order valence-electron chi connectivity index (χ2n) is 5.68. The van der Waals surface area contributed by atoms with E-state index in [4.69, 9.17) is 4.74 Å². The highest BCUT2D eigenvalue weighted by molar-refractivity contribution is 9.11. The molecule has 0 atom stereocenters. The number of halogens is 4. The SMILES string of the molecule is COc1c(Br)cc(Br)c(C(=O)Nc2csc(-c3ccc(F)cc3)c2C(=O)O)c1Br. The van der Waals surface area contributed by atoms with E-state index in [1.165, 1.54) is 36.8 Å². The Morgan fingerprint density at radius 1 is 1.10 bits per heavy atom. The van der Waals surface area contributed by atoms with Gasteiger partial charge < -0.3 is 15.2 Å². The van der Waals surface area contributed by atoms with Crippen LogP contribution in [0.5, 0.6) is 5.75 Å². The first-order chi connectivity index (χ1) is 13.7. The first-order valence-corrected chi connectivity index (χ1v) is 11.1. The summed E-state index contributed by atoms with van der Waals surface area (Å²) in [5.41, 5.74) is 0.872. The van der Waals surface area contributed by atoms with Crippen LogP contribution in [0.4, 0.5) is 10.1 Å². The molecule has 3 rings (SSSR count). The van der Waals surface area contributed by atoms with E-state index >= 15 is 0 Å². The normalized spacial score (nSPS) is 10.7. The number of hydrogen-bond donors (Lipinski definition) is 2. The van der Waals surface area contributed by atoms with Crippen LogP contribution in [0.2, 0.25) is 0 Å². The first-order valence-electron chi connectivity index (χ1n) is 7.88. The van der Waals surface area contributed by atoms with Gasteiger partial charge in [-0.1, -0.05) is 12.1 Å². The van der Waals surface area contributed by atoms with Gasteiger partial charge in [0.1, 0.15) is 17.1 Å². The number of rotatable bonds is 5. The maximum atomic E-state index is 13.2. The number of nitrogens with one attached hydrogen (secondary N) is 1. The number of carboxylic acid groups (broad SMARTS) is 1. The van der Waals surface area contributed by atoms with Gasteiger partial charge in [0.2, 0.25) is 0 Å². The number of carbonyl (C=O) groups is 2. The Morgan fingerprint density at radius 2 is 1.76 bits per heavy atom. The monoisotopic (exact) mass is 605 g/mol. The summed E-state index contributed by atoms with van der Waals surface area (Å²) >= 11 is 11.2. The second-order valence-corrected chi connectivity index (χ2v) is 9.06. The molecule has 3 aromatic rings. The van der Waals surface area contributed by atoms with E-state index in [1.807, 2.05) is 0 Å². The molecule has 0 fully saturated rings. The predicted molar refractivity (Wildman–Crippen MR) is 121 cm³/mol. The van der Waals surface area contributed by atoms with Gasteiger partial charge in [0.05, 0.1) is 32.2 Å². The van der Waals surface area contributed by atoms with E-state index < -0.39 is 17.7 Å². The molecular formula is C19H11Br3FNO4S. The molecular weight excluding hydrogens is 597 g/mol. The van der Waals surface area contributed by atoms with Gasteiger partial charge in [-0.15, -0.1) is 11.3 Å². The van der Waals surface area contributed by atoms with Crippen molar-refractivity contribution in [1.29, 1.82) is 0 Å². The Labute approximate surface area is 194 Å². The highest BCUT2D eigenvalue weighted by Gasteiger charge is 2.25. The molecule has 2 N–H and O–H groups in total. The number of carbonyl (C=O) groups excluding carboxylic acids is 1. The molecule has 0 bridgehead atoms. The highest BCUT2D eigenvalue weighted by Crippen LogP contribution is 2.41. The summed E-state index contributed by atoms with van der Waals surface area (Å²) in [5, 5.41) is 13.9. The average Bonchev–Trinajstić information content (AvgIpc) is 3.06. The van der Waals surface area contributed by atoms with Gasteiger partial charge in [0.15, 0.2) is 0 Å². The minimum Gasteiger partial charge on any atom is -0.494 e. The molecule has 5 nitrogen and oxygen atoms in total. The zero-order valence-corrected chi connectivity index (χ0v) is 20.1. The summed E-state index contributed by atoms with van der Waals surface area (Å²) in [4.78, 5) is 25.2. The number of methoxy groups -OCH3 is 1. The van der Waals surface area contributed by atoms with Crippen LogP contribution in [0.3, 0.4) is 0 Å². The standard InChI is InChI=1S/C19H11Br3FNO4S/c1-28-16-11(21)6-10(20)13(15(16)22)18(25)24-12-7-29-17(14(12)19(26)27)8-2-4-9(23)5-3-8/h2-7H,1H3,(H,24,25)(H,26,27). The van der Waals surface area contributed by atoms with Gasteiger partial charge in [-0.05, 0) is 71.6 Å². The smallest absolute Gasteiger partial charge is 0.339 e. The van der Waals surface area contributed by atoms with Crippen LogP contribution in [0.15, 0.2) is 49.1 Å². The molecule has 0 spiro atoms. The summed E-state index contributed by atoms with van der Waals surface area (Å²) < 4.78 is 20.0. The zero-order valence-electron chi connectivity index (χ0n) is 14.6. The summed E-state index contributed by atoms with van der Waals surface area (Å²) in [6.45, 7) is 0. The summed E-state index contributed by atoms with van der Waals surface area (Å²) in [6, 6.07) is 7.15. The van der Waals surface area contributed by atoms with Gasteiger partial charge in [-0.3, -0.25) is 4.79 Å². The van der Waals surface area contributed by atoms with Crippen LogP contribution in [0, 0.1) is 5.82 Å². The highest BCUT2D eigenvalue weighted by atomic mass is 79.9. The number of hydrogen-bond acceptors (Lipinski definition) is 4. The van der Waals surface area contributed by atoms with E-state index in [0.717, 1.165) is 11.3 Å². The fraction of sp³-hybridized carbons (Fsp3) is 0.0526. The molecule has 0 radical (unpaired) electrons. The lowest BCUT2D eigenvalue weighted by atomic mass is 10.1. The van der Waals surface area contributed by atoms with Crippen molar-refractivity contribution in [1.82, 2.24) is 0 Å². The third-order valence-corrected chi connectivity index (χ3v) is 6.92. The van der Waals surface area contributed by atoms with Crippen molar-refractivity contribution in [3.8, 4) is 16.2 Å². The van der Waals surface area contributed by atoms with Gasteiger partial charge in [-0.25, -0.2) is 9.18 Å². The molecule has 1 amide bonds. The predicted octanol–water partition coefficient (Wildman–Crippen LogP) is 6.80. The number of carboxylic acids is 1. The van der Waals surface area contributed by atoms with Crippen LogP contribution >= 0.6 is 59.1 Å². The Morgan fingerprint density at radius 3 is 2.34 bits per heavy atom. The molecule has 0 saturated carbocycles. The van der Waals surface area contributed by atoms with Crippen LogP contribution in [-0.2, 0) is 0 Å². The molecule has 0 saturated heterocycles. The molecule has 2 aromatic carbocycles. The minimum atomic E-state index is -1.20. The summed E-state index contributed by atoms with van der Waals surface area (Å²) in [5.74, 6) is -1.73. The average molecular weight is 608 g/mol. The van der Waals surface area contributed by atoms with Crippen molar-refractivity contribution in [2.45, 2.75) is 0 Å². The van der Waals surface area contributed by atoms with Crippen molar-refractivity contribution in [3.05, 3.63) is 66.1 Å². The minimum absolute atomic E-state index is 0.0636. The molecule has 10 heteroatoms. The molecule has 29 heavy (non-hydrogen) atoms. The van der Waals surface area contributed by atoms with Crippen molar-refractivity contribution in [2.24, 2.45) is 0 Å². The van der Waals surface area contributed by atoms with E-state index in [1.54, 1.807) is 6.07 Å². The number of thiophene rings is 1. The van der Waals surface area contributed by atoms with Crippen molar-refractivity contribution >= 4 is 76.7 Å². The molecule has 150 valence electrons. The molecule has 0 aliphatic carbocycles. The molecule has 1 aromatic heterocycles. The zero-order chi connectivity index (χ0) is 21.3. The number of ether oxygens (including phenoxy) is 1. The van der Waals surface area contributed by atoms with Crippen LogP contribution in [0.25, 0.3) is 10.4 Å². The number of amides is 1. The van der Waals surface area contributed by atoms with Gasteiger partial charge in [0.25, 0.3) is 5.91 Å². The Balaban J connectivity index is 2.02. The molecule has 0 unspecified atom stereocenters. The van der Waals surface area contributed by atoms with E-state index in [0.29, 0.717) is 29.6 Å². The summed E-state index contributed by atoms with van der Waals surface area (Å²) in [7, 11) is 1.47. The number of anilines is 1. The first kappa shape index (κ1) is 21.9. The van der Waals surface area contributed by atoms with E-state index in [9.17, 15) is 19.1 Å². The lowest BCUT2D eigenvalue weighted by Gasteiger charge is -2.13. The van der Waals surface area contributed by atoms with Crippen molar-refractivity contribution in [3.63, 3.8) is 0 Å². The summed E-state index contributed by atoms with van der Waals surface area (Å²) in [6.07, 6.45) is 0. The Bertz CT molecular complexity index is 1120. The molecule has 0 aliphatic heterocycles. The quantitative estimate of drug-likeness (QED) is 0.335. The Kier molecular flexibility index (Phi) is 6.77. The lowest BCUT2D eigenvalue weighted by molar-refractivity contribution is 0.0699. The van der Waals surface area contributed by atoms with Gasteiger partial charge in [-0.2, -0.15) is 0 Å². The Hall–Kier alpha value is -1.75. The molecule has 1 heterocycles. The van der Waals surface area contributed by atoms with Crippen LogP contribution < -0.4 is 10.1 Å². The largest absolute Gasteiger partial charge is 0.494 e. The topological polar surface area (TPSA) is 75.6 Å². The third kappa shape index (κ3) is 4.40. The van der Waals surface area contributed by atoms with Crippen molar-refractivity contribution in [2.75, 3.05) is 12.4 Å². The third-order valence-electron chi connectivity index (χ3n) is 3.92. The fourth-order valence-electron chi connectivity index (χ4n) is 2.63. The van der Waals surface area contributed by atoms with E-state index in [-0.39, 0.29) is 16.8 Å². The van der Waals surface area contributed by atoms with Crippen LogP contribution in [0.1, 0.15) is 20.7 Å². The van der Waals surface area contributed by atoms with Gasteiger partial charge >= 0.3 is 5.97 Å².